The van der Waals surface area contributed by atoms with Crippen LogP contribution in [0.1, 0.15) is 59.5 Å². The number of benzene rings is 3. The molecule has 0 aliphatic heterocycles. The summed E-state index contributed by atoms with van der Waals surface area (Å²) in [6.45, 7) is 5.14. The molecule has 6 heteroatoms. The van der Waals surface area contributed by atoms with Crippen molar-refractivity contribution in [2.45, 2.75) is 33.0 Å². The van der Waals surface area contributed by atoms with Gasteiger partial charge < -0.3 is 25.3 Å². The van der Waals surface area contributed by atoms with Crippen LogP contribution in [0.4, 0.5) is 0 Å². The van der Waals surface area contributed by atoms with Crippen molar-refractivity contribution in [2.75, 3.05) is 6.61 Å². The van der Waals surface area contributed by atoms with E-state index in [4.69, 9.17) is 4.74 Å². The first kappa shape index (κ1) is 25.8. The highest BCUT2D eigenvalue weighted by molar-refractivity contribution is 5.99. The van der Waals surface area contributed by atoms with Gasteiger partial charge in [-0.05, 0) is 68.8 Å². The van der Waals surface area contributed by atoms with E-state index in [2.05, 4.69) is 22.1 Å². The van der Waals surface area contributed by atoms with E-state index in [1.165, 1.54) is 0 Å². The minimum absolute atomic E-state index is 0.134. The first-order valence-corrected chi connectivity index (χ1v) is 12.1. The van der Waals surface area contributed by atoms with Crippen molar-refractivity contribution in [1.82, 2.24) is 10.3 Å². The van der Waals surface area contributed by atoms with Gasteiger partial charge in [-0.1, -0.05) is 42.2 Å². The topological polar surface area (TPSA) is 94.6 Å². The first-order valence-electron chi connectivity index (χ1n) is 12.1. The second kappa shape index (κ2) is 11.6. The summed E-state index contributed by atoms with van der Waals surface area (Å²) in [4.78, 5) is 16.5. The van der Waals surface area contributed by atoms with Gasteiger partial charge in [-0.15, -0.1) is 0 Å². The van der Waals surface area contributed by atoms with Crippen molar-refractivity contribution in [3.63, 3.8) is 0 Å². The van der Waals surface area contributed by atoms with E-state index < -0.39 is 12.0 Å². The molecule has 4 rings (SSSR count). The summed E-state index contributed by atoms with van der Waals surface area (Å²) >= 11 is 0. The van der Waals surface area contributed by atoms with E-state index in [1.807, 2.05) is 68.6 Å². The number of hydrogen-bond acceptors (Lipinski definition) is 4. The SMILES string of the molecule is CC(C)Oc1ccc(C#Cc2cccc(C(C)O)c2)cc1C(=O)N/C(=C/c1c[nH]c2ccccc12)CO. The standard InChI is InChI=1S/C31H30N2O4/c1-20(2)37-30-14-13-23(12-11-22-7-6-8-24(15-22)21(3)35)16-28(30)31(36)33-26(19-34)17-25-18-32-29-10-5-4-9-27(25)29/h4-10,13-18,20-21,32,34-35H,19H2,1-3H3,(H,33,36)/b26-17+. The maximum atomic E-state index is 13.3. The third-order valence-electron chi connectivity index (χ3n) is 5.70. The van der Waals surface area contributed by atoms with Gasteiger partial charge in [0, 0.05) is 39.5 Å². The summed E-state index contributed by atoms with van der Waals surface area (Å²) in [5, 5.41) is 23.6. The molecule has 4 N–H and O–H groups in total. The van der Waals surface area contributed by atoms with E-state index >= 15 is 0 Å². The number of fused-ring (bicyclic) bond motifs is 1. The molecule has 1 amide bonds. The number of nitrogens with one attached hydrogen (secondary N) is 2. The summed E-state index contributed by atoms with van der Waals surface area (Å²) in [5.74, 6) is 6.21. The minimum Gasteiger partial charge on any atom is -0.490 e. The summed E-state index contributed by atoms with van der Waals surface area (Å²) in [6, 6.07) is 20.4. The number of carbonyl (C=O) groups excluding carboxylic acids is 1. The number of aromatic amines is 1. The predicted octanol–water partition coefficient (Wildman–Crippen LogP) is 5.17. The number of aromatic nitrogens is 1. The van der Waals surface area contributed by atoms with Crippen molar-refractivity contribution in [3.05, 3.63) is 106 Å². The van der Waals surface area contributed by atoms with Crippen molar-refractivity contribution in [1.29, 1.82) is 0 Å². The fourth-order valence-corrected chi connectivity index (χ4v) is 3.90. The van der Waals surface area contributed by atoms with Gasteiger partial charge in [0.2, 0.25) is 0 Å². The minimum atomic E-state index is -0.581. The van der Waals surface area contributed by atoms with Gasteiger partial charge in [-0.25, -0.2) is 0 Å². The zero-order valence-corrected chi connectivity index (χ0v) is 21.1. The van der Waals surface area contributed by atoms with E-state index in [-0.39, 0.29) is 12.7 Å². The monoisotopic (exact) mass is 494 g/mol. The fraction of sp³-hybridized carbons (Fsp3) is 0.194. The highest BCUT2D eigenvalue weighted by atomic mass is 16.5. The van der Waals surface area contributed by atoms with Crippen molar-refractivity contribution >= 4 is 22.9 Å². The van der Waals surface area contributed by atoms with Crippen LogP contribution in [0.25, 0.3) is 17.0 Å². The van der Waals surface area contributed by atoms with Gasteiger partial charge in [-0.3, -0.25) is 4.79 Å². The molecule has 3 aromatic carbocycles. The maximum Gasteiger partial charge on any atom is 0.259 e. The van der Waals surface area contributed by atoms with Gasteiger partial charge in [0.25, 0.3) is 5.91 Å². The molecule has 1 heterocycles. The molecule has 4 aromatic rings. The average Bonchev–Trinajstić information content (AvgIpc) is 3.30. The largest absolute Gasteiger partial charge is 0.490 e. The summed E-state index contributed by atoms with van der Waals surface area (Å²) in [5.41, 5.74) is 4.68. The number of amides is 1. The van der Waals surface area contributed by atoms with Gasteiger partial charge in [0.05, 0.1) is 24.4 Å². The number of hydrogen-bond donors (Lipinski definition) is 4. The molecule has 0 aliphatic rings. The average molecular weight is 495 g/mol. The van der Waals surface area contributed by atoms with E-state index in [1.54, 1.807) is 31.2 Å². The quantitative estimate of drug-likeness (QED) is 0.267. The lowest BCUT2D eigenvalue weighted by atomic mass is 10.1. The third-order valence-corrected chi connectivity index (χ3v) is 5.70. The third kappa shape index (κ3) is 6.47. The van der Waals surface area contributed by atoms with Crippen LogP contribution < -0.4 is 10.1 Å². The van der Waals surface area contributed by atoms with Crippen LogP contribution in [0.2, 0.25) is 0 Å². The smallest absolute Gasteiger partial charge is 0.259 e. The lowest BCUT2D eigenvalue weighted by Crippen LogP contribution is -2.25. The Bertz CT molecular complexity index is 1500. The van der Waals surface area contributed by atoms with Gasteiger partial charge in [0.15, 0.2) is 0 Å². The van der Waals surface area contributed by atoms with E-state index in [9.17, 15) is 15.0 Å². The molecular formula is C31H30N2O4. The number of H-pyrrole nitrogens is 1. The van der Waals surface area contributed by atoms with Crippen molar-refractivity contribution in [3.8, 4) is 17.6 Å². The number of aliphatic hydroxyl groups is 2. The second-order valence-corrected chi connectivity index (χ2v) is 9.00. The number of ether oxygens (including phenoxy) is 1. The zero-order chi connectivity index (χ0) is 26.4. The molecule has 0 fully saturated rings. The van der Waals surface area contributed by atoms with Crippen LogP contribution in [0, 0.1) is 11.8 Å². The Morgan fingerprint density at radius 3 is 2.51 bits per heavy atom. The Labute approximate surface area is 216 Å². The van der Waals surface area contributed by atoms with Crippen LogP contribution >= 0.6 is 0 Å². The van der Waals surface area contributed by atoms with Crippen LogP contribution in [-0.2, 0) is 0 Å². The highest BCUT2D eigenvalue weighted by Crippen LogP contribution is 2.23. The molecule has 1 unspecified atom stereocenters. The van der Waals surface area contributed by atoms with Gasteiger partial charge >= 0.3 is 0 Å². The highest BCUT2D eigenvalue weighted by Gasteiger charge is 2.16. The summed E-state index contributed by atoms with van der Waals surface area (Å²) in [7, 11) is 0. The molecule has 0 saturated carbocycles. The van der Waals surface area contributed by atoms with Gasteiger partial charge in [-0.2, -0.15) is 0 Å². The molecule has 0 aliphatic carbocycles. The Kier molecular flexibility index (Phi) is 8.09. The van der Waals surface area contributed by atoms with Crippen LogP contribution in [0.3, 0.4) is 0 Å². The molecule has 0 saturated heterocycles. The molecule has 0 bridgehead atoms. The predicted molar refractivity (Wildman–Crippen MR) is 146 cm³/mol. The zero-order valence-electron chi connectivity index (χ0n) is 21.1. The summed E-state index contributed by atoms with van der Waals surface area (Å²) in [6.07, 6.45) is 2.87. The van der Waals surface area contributed by atoms with Crippen molar-refractivity contribution < 1.29 is 19.7 Å². The van der Waals surface area contributed by atoms with Crippen molar-refractivity contribution in [2.24, 2.45) is 0 Å². The normalized spacial score (nSPS) is 12.2. The molecule has 1 aromatic heterocycles. The van der Waals surface area contributed by atoms with E-state index in [0.29, 0.717) is 22.6 Å². The number of aliphatic hydroxyl groups excluding tert-OH is 2. The second-order valence-electron chi connectivity index (χ2n) is 9.00. The Hall–Kier alpha value is -4.31. The van der Waals surface area contributed by atoms with E-state index in [0.717, 1.165) is 27.6 Å². The lowest BCUT2D eigenvalue weighted by molar-refractivity contribution is 0.0954. The molecule has 0 spiro atoms. The van der Waals surface area contributed by atoms with Crippen LogP contribution in [-0.4, -0.2) is 33.8 Å². The van der Waals surface area contributed by atoms with Crippen LogP contribution in [0.15, 0.2) is 78.6 Å². The maximum absolute atomic E-state index is 13.3. The first-order chi connectivity index (χ1) is 17.8. The Morgan fingerprint density at radius 1 is 1.03 bits per heavy atom. The molecule has 188 valence electrons. The van der Waals surface area contributed by atoms with Crippen LogP contribution in [0.5, 0.6) is 5.75 Å². The number of para-hydroxylation sites is 1. The molecular weight excluding hydrogens is 464 g/mol. The van der Waals surface area contributed by atoms with Gasteiger partial charge in [0.1, 0.15) is 5.75 Å². The summed E-state index contributed by atoms with van der Waals surface area (Å²) < 4.78 is 5.88. The molecule has 6 nitrogen and oxygen atoms in total. The molecule has 0 radical (unpaired) electrons. The molecule has 37 heavy (non-hydrogen) atoms. The Balaban J connectivity index is 1.63. The fourth-order valence-electron chi connectivity index (χ4n) is 3.90. The Morgan fingerprint density at radius 2 is 1.78 bits per heavy atom. The lowest BCUT2D eigenvalue weighted by Gasteiger charge is -2.15. The number of carbonyl (C=O) groups is 1. The molecule has 1 atom stereocenters. The number of rotatable bonds is 7.